The van der Waals surface area contributed by atoms with E-state index in [1.165, 1.54) is 5.56 Å². The Labute approximate surface area is 195 Å². The minimum absolute atomic E-state index is 0.00638. The summed E-state index contributed by atoms with van der Waals surface area (Å²) in [6.45, 7) is 18.7. The zero-order valence-corrected chi connectivity index (χ0v) is 20.5. The highest BCUT2D eigenvalue weighted by Gasteiger charge is 2.18. The number of hydrogen-bond acceptors (Lipinski definition) is 1. The largest absolute Gasteiger partial charge is 0.355 e. The number of rotatable bonds is 3. The predicted octanol–water partition coefficient (Wildman–Crippen LogP) is 8.99. The van der Waals surface area contributed by atoms with Crippen molar-refractivity contribution in [2.75, 3.05) is 5.32 Å². The van der Waals surface area contributed by atoms with E-state index < -0.39 is 5.41 Å². The average Bonchev–Trinajstić information content (AvgIpc) is 2.71. The first-order chi connectivity index (χ1) is 15.9. The van der Waals surface area contributed by atoms with Gasteiger partial charge in [0.25, 0.3) is 0 Å². The van der Waals surface area contributed by atoms with E-state index in [2.05, 4.69) is 65.1 Å². The van der Waals surface area contributed by atoms with Crippen molar-refractivity contribution < 1.29 is 5.48 Å². The van der Waals surface area contributed by atoms with Gasteiger partial charge in [-0.3, -0.25) is 0 Å². The predicted molar refractivity (Wildman–Crippen MR) is 138 cm³/mol. The molecule has 0 aliphatic carbocycles. The molecular formula is C30H39N. The lowest BCUT2D eigenvalue weighted by molar-refractivity contribution is 0.590. The number of benzene rings is 3. The van der Waals surface area contributed by atoms with Crippen LogP contribution in [0.4, 0.5) is 11.4 Å². The Morgan fingerprint density at radius 2 is 1.06 bits per heavy atom. The summed E-state index contributed by atoms with van der Waals surface area (Å²) in [5.41, 5.74) is 4.84. The fourth-order valence-electron chi connectivity index (χ4n) is 3.36. The number of anilines is 2. The zero-order chi connectivity index (χ0) is 26.5. The molecule has 0 fully saturated rings. The van der Waals surface area contributed by atoms with Crippen molar-refractivity contribution in [1.29, 1.82) is 0 Å². The summed E-state index contributed by atoms with van der Waals surface area (Å²) in [6.07, 6.45) is 0. The lowest BCUT2D eigenvalue weighted by Gasteiger charge is -2.23. The van der Waals surface area contributed by atoms with Gasteiger partial charge in [0.15, 0.2) is 0 Å². The van der Waals surface area contributed by atoms with E-state index in [0.717, 1.165) is 16.9 Å². The molecule has 0 saturated heterocycles. The van der Waals surface area contributed by atoms with E-state index in [-0.39, 0.29) is 35.0 Å². The Morgan fingerprint density at radius 3 is 1.55 bits per heavy atom. The maximum absolute atomic E-state index is 8.87. The van der Waals surface area contributed by atoms with Gasteiger partial charge in [-0.15, -0.1) is 0 Å². The van der Waals surface area contributed by atoms with Crippen LogP contribution in [0.3, 0.4) is 0 Å². The molecule has 0 saturated carbocycles. The lowest BCUT2D eigenvalue weighted by Crippen LogP contribution is -2.12. The van der Waals surface area contributed by atoms with Gasteiger partial charge in [-0.2, -0.15) is 0 Å². The monoisotopic (exact) mass is 417 g/mol. The molecule has 0 atom stereocenters. The first-order valence-corrected chi connectivity index (χ1v) is 11.1. The highest BCUT2D eigenvalue weighted by atomic mass is 14.9. The van der Waals surface area contributed by atoms with Gasteiger partial charge in [0.05, 0.1) is 5.48 Å². The van der Waals surface area contributed by atoms with Crippen molar-refractivity contribution in [3.63, 3.8) is 0 Å². The molecule has 3 aromatic rings. The molecule has 0 unspecified atom stereocenters. The normalized spacial score (nSPS) is 14.5. The average molecular weight is 418 g/mol. The van der Waals surface area contributed by atoms with Crippen LogP contribution in [0.2, 0.25) is 0 Å². The Bertz CT molecular complexity index is 1210. The van der Waals surface area contributed by atoms with Crippen LogP contribution in [-0.4, -0.2) is 0 Å². The van der Waals surface area contributed by atoms with Gasteiger partial charge in [0, 0.05) is 16.9 Å². The van der Waals surface area contributed by atoms with Crippen LogP contribution in [0, 0.1) is 0 Å². The summed E-state index contributed by atoms with van der Waals surface area (Å²) in [6, 6.07) is 14.4. The number of nitrogens with one attached hydrogen (secondary N) is 1. The van der Waals surface area contributed by atoms with E-state index in [1.54, 1.807) is 0 Å². The molecule has 3 aromatic carbocycles. The first kappa shape index (κ1) is 18.1. The third-order valence-corrected chi connectivity index (χ3v) is 5.56. The minimum atomic E-state index is -0.499. The second-order valence-electron chi connectivity index (χ2n) is 11.5. The molecule has 31 heavy (non-hydrogen) atoms. The smallest absolute Gasteiger partial charge is 0.0629 e. The molecule has 1 heteroatoms. The van der Waals surface area contributed by atoms with E-state index in [4.69, 9.17) is 5.48 Å². The lowest BCUT2D eigenvalue weighted by atomic mass is 9.83. The summed E-state index contributed by atoms with van der Waals surface area (Å²) in [7, 11) is 0. The van der Waals surface area contributed by atoms with Gasteiger partial charge in [-0.1, -0.05) is 105 Å². The van der Waals surface area contributed by atoms with Crippen LogP contribution >= 0.6 is 0 Å². The summed E-state index contributed by atoms with van der Waals surface area (Å²) >= 11 is 0. The van der Waals surface area contributed by atoms with Gasteiger partial charge in [-0.05, 0) is 62.8 Å². The van der Waals surface area contributed by atoms with Crippen molar-refractivity contribution in [3.05, 3.63) is 83.3 Å². The van der Waals surface area contributed by atoms with Crippen molar-refractivity contribution in [1.82, 2.24) is 0 Å². The molecule has 0 heterocycles. The molecule has 0 radical (unpaired) electrons. The van der Waals surface area contributed by atoms with Crippen LogP contribution in [0.5, 0.6) is 0 Å². The van der Waals surface area contributed by atoms with Gasteiger partial charge < -0.3 is 5.32 Å². The van der Waals surface area contributed by atoms with Gasteiger partial charge in [0.2, 0.25) is 0 Å². The third kappa shape index (κ3) is 5.58. The summed E-state index contributed by atoms with van der Waals surface area (Å²) in [5.74, 6) is 0. The van der Waals surface area contributed by atoms with E-state index in [9.17, 15) is 0 Å². The fraction of sp³-hybridized carbons (Fsp3) is 0.400. The van der Waals surface area contributed by atoms with Crippen LogP contribution in [0.1, 0.15) is 84.5 Å². The Hall–Kier alpha value is -2.54. The summed E-state index contributed by atoms with van der Waals surface area (Å²) < 4.78 is 35.2. The minimum Gasteiger partial charge on any atom is -0.355 e. The van der Waals surface area contributed by atoms with Crippen LogP contribution in [0.15, 0.2) is 66.6 Å². The standard InChI is InChI=1S/C30H39N/c1-28(2,3)22-12-10-21(11-13-22)26-20-24(30(7,8)9)16-19-27(26)31-25-17-14-23(15-18-25)29(4,5)6/h10-20,31H,1-9H3/i10D,11D,12D,13D. The molecule has 0 spiro atoms. The zero-order valence-electron chi connectivity index (χ0n) is 24.5. The highest BCUT2D eigenvalue weighted by molar-refractivity contribution is 5.82. The fourth-order valence-corrected chi connectivity index (χ4v) is 3.36. The Kier molecular flexibility index (Phi) is 4.77. The molecule has 3 rings (SSSR count). The second kappa shape index (κ2) is 8.19. The highest BCUT2D eigenvalue weighted by Crippen LogP contribution is 2.36. The van der Waals surface area contributed by atoms with Crippen molar-refractivity contribution in [2.45, 2.75) is 78.6 Å². The third-order valence-electron chi connectivity index (χ3n) is 5.56. The van der Waals surface area contributed by atoms with E-state index in [0.29, 0.717) is 16.7 Å². The van der Waals surface area contributed by atoms with E-state index in [1.807, 2.05) is 45.0 Å². The van der Waals surface area contributed by atoms with Crippen LogP contribution in [-0.2, 0) is 16.2 Å². The summed E-state index contributed by atoms with van der Waals surface area (Å²) in [4.78, 5) is 0. The van der Waals surface area contributed by atoms with Crippen molar-refractivity contribution >= 4 is 11.4 Å². The SMILES string of the molecule is [2H]c1c([2H])c(C(C)(C)C)c([2H])c([2H])c1-c1cc(C(C)(C)C)ccc1Nc1ccc(C(C)(C)C)cc1. The first-order valence-electron chi connectivity index (χ1n) is 13.1. The quantitative estimate of drug-likeness (QED) is 0.448. The van der Waals surface area contributed by atoms with E-state index >= 15 is 0 Å². The second-order valence-corrected chi connectivity index (χ2v) is 11.5. The topological polar surface area (TPSA) is 12.0 Å². The molecule has 0 amide bonds. The maximum Gasteiger partial charge on any atom is 0.0629 e. The van der Waals surface area contributed by atoms with Crippen LogP contribution < -0.4 is 5.32 Å². The Morgan fingerprint density at radius 1 is 0.581 bits per heavy atom. The van der Waals surface area contributed by atoms with Crippen LogP contribution in [0.25, 0.3) is 11.1 Å². The maximum atomic E-state index is 8.87. The molecular weight excluding hydrogens is 374 g/mol. The molecule has 0 aromatic heterocycles. The van der Waals surface area contributed by atoms with Crippen molar-refractivity contribution in [2.24, 2.45) is 0 Å². The van der Waals surface area contributed by atoms with Crippen molar-refractivity contribution in [3.8, 4) is 11.1 Å². The molecule has 0 aliphatic heterocycles. The molecule has 1 nitrogen and oxygen atoms in total. The number of hydrogen-bond donors (Lipinski definition) is 1. The molecule has 164 valence electrons. The molecule has 0 bridgehead atoms. The summed E-state index contributed by atoms with van der Waals surface area (Å²) in [5, 5.41) is 3.48. The van der Waals surface area contributed by atoms with Gasteiger partial charge in [0.1, 0.15) is 0 Å². The molecule has 1 N–H and O–H groups in total. The van der Waals surface area contributed by atoms with Gasteiger partial charge >= 0.3 is 0 Å². The molecule has 0 aliphatic rings. The Balaban J connectivity index is 2.25. The van der Waals surface area contributed by atoms with Gasteiger partial charge in [-0.25, -0.2) is 0 Å².